The number of hydrogen-bond donors (Lipinski definition) is 1. The van der Waals surface area contributed by atoms with Crippen LogP contribution in [0, 0.1) is 0 Å². The van der Waals surface area contributed by atoms with Crippen LogP contribution < -0.4 is 5.32 Å². The molecule has 0 spiro atoms. The topological polar surface area (TPSA) is 47.6 Å². The molecule has 1 unspecified atom stereocenters. The van der Waals surface area contributed by atoms with Crippen molar-refractivity contribution in [3.05, 3.63) is 29.3 Å². The summed E-state index contributed by atoms with van der Waals surface area (Å²) in [6.45, 7) is 7.66. The van der Waals surface area contributed by atoms with Gasteiger partial charge in [0.05, 0.1) is 6.61 Å². The lowest BCUT2D eigenvalue weighted by Gasteiger charge is -2.19. The average molecular weight is 442 g/mol. The Morgan fingerprint density at radius 1 is 1.11 bits per heavy atom. The summed E-state index contributed by atoms with van der Waals surface area (Å²) < 4.78 is 10.8. The lowest BCUT2D eigenvalue weighted by Crippen LogP contribution is -2.29. The van der Waals surface area contributed by atoms with E-state index in [-0.39, 0.29) is 5.97 Å². The Labute approximate surface area is 173 Å². The van der Waals surface area contributed by atoms with Crippen LogP contribution in [0.25, 0.3) is 0 Å². The number of carbonyl (C=O) groups excluding carboxylic acids is 1. The number of benzene rings is 1. The number of unbranched alkanes of at least 4 members (excludes halogenated alkanes) is 4. The molecular weight excluding hydrogens is 406 g/mol. The van der Waals surface area contributed by atoms with Crippen molar-refractivity contribution in [2.24, 2.45) is 0 Å². The molecule has 1 aromatic rings. The van der Waals surface area contributed by atoms with Crippen molar-refractivity contribution in [1.29, 1.82) is 0 Å². The molecule has 5 heteroatoms. The summed E-state index contributed by atoms with van der Waals surface area (Å²) in [5.74, 6) is -0.286. The summed E-state index contributed by atoms with van der Waals surface area (Å²) in [6.07, 6.45) is 7.49. The quantitative estimate of drug-likeness (QED) is 0.221. The van der Waals surface area contributed by atoms with E-state index >= 15 is 0 Å². The number of ether oxygens (including phenoxy) is 2. The fourth-order valence-corrected chi connectivity index (χ4v) is 3.28. The van der Waals surface area contributed by atoms with Crippen molar-refractivity contribution in [1.82, 2.24) is 0 Å². The van der Waals surface area contributed by atoms with Crippen LogP contribution in [0.15, 0.2) is 18.2 Å². The molecule has 0 aromatic heterocycles. The van der Waals surface area contributed by atoms with Crippen LogP contribution >= 0.6 is 15.9 Å². The fourth-order valence-electron chi connectivity index (χ4n) is 3.08. The summed E-state index contributed by atoms with van der Waals surface area (Å²) in [5, 5.41) is 4.35. The summed E-state index contributed by atoms with van der Waals surface area (Å²) in [6, 6.07) is 6.54. The van der Waals surface area contributed by atoms with Gasteiger partial charge in [0.25, 0.3) is 0 Å². The van der Waals surface area contributed by atoms with E-state index in [0.29, 0.717) is 19.6 Å². The van der Waals surface area contributed by atoms with Gasteiger partial charge in [0.2, 0.25) is 0 Å². The minimum absolute atomic E-state index is 0.286. The molecular formula is C22H36BrNO3. The van der Waals surface area contributed by atoms with Crippen molar-refractivity contribution in [3.8, 4) is 0 Å². The van der Waals surface area contributed by atoms with Crippen LogP contribution in [-0.4, -0.2) is 37.2 Å². The number of esters is 1. The van der Waals surface area contributed by atoms with Crippen molar-refractivity contribution >= 4 is 27.6 Å². The van der Waals surface area contributed by atoms with Gasteiger partial charge in [-0.3, -0.25) is 0 Å². The molecule has 1 N–H and O–H groups in total. The first-order valence-electron chi connectivity index (χ1n) is 10.4. The summed E-state index contributed by atoms with van der Waals surface area (Å²) in [7, 11) is 0. The van der Waals surface area contributed by atoms with E-state index in [4.69, 9.17) is 9.47 Å². The largest absolute Gasteiger partial charge is 0.464 e. The van der Waals surface area contributed by atoms with Crippen LogP contribution in [0.5, 0.6) is 0 Å². The smallest absolute Gasteiger partial charge is 0.335 e. The van der Waals surface area contributed by atoms with Gasteiger partial charge in [0, 0.05) is 30.6 Å². The Morgan fingerprint density at radius 2 is 1.89 bits per heavy atom. The molecule has 0 aliphatic carbocycles. The lowest BCUT2D eigenvalue weighted by atomic mass is 9.99. The second-order valence-corrected chi connectivity index (χ2v) is 7.46. The highest BCUT2D eigenvalue weighted by Gasteiger charge is 2.22. The van der Waals surface area contributed by atoms with Crippen molar-refractivity contribution in [2.75, 3.05) is 30.4 Å². The Balaban J connectivity index is 2.82. The zero-order valence-corrected chi connectivity index (χ0v) is 18.8. The molecule has 1 rings (SSSR count). The normalized spacial score (nSPS) is 12.0. The number of halogens is 1. The SMILES string of the molecule is CCCCCCCc1ccc(CC(OCC)C(=O)OCC)c(NCCBr)c1. The second kappa shape index (κ2) is 14.9. The highest BCUT2D eigenvalue weighted by Crippen LogP contribution is 2.22. The minimum atomic E-state index is -0.556. The predicted octanol–water partition coefficient (Wildman–Crippen LogP) is 5.52. The highest BCUT2D eigenvalue weighted by molar-refractivity contribution is 9.09. The number of anilines is 1. The molecule has 0 fully saturated rings. The van der Waals surface area contributed by atoms with E-state index in [9.17, 15) is 4.79 Å². The van der Waals surface area contributed by atoms with Gasteiger partial charge in [-0.1, -0.05) is 60.7 Å². The van der Waals surface area contributed by atoms with Crippen molar-refractivity contribution < 1.29 is 14.3 Å². The third-order valence-corrected chi connectivity index (χ3v) is 4.87. The minimum Gasteiger partial charge on any atom is -0.464 e. The summed E-state index contributed by atoms with van der Waals surface area (Å²) in [4.78, 5) is 12.2. The number of alkyl halides is 1. The molecule has 154 valence electrons. The van der Waals surface area contributed by atoms with Gasteiger partial charge in [0.1, 0.15) is 0 Å². The zero-order chi connectivity index (χ0) is 19.9. The van der Waals surface area contributed by atoms with E-state index in [2.05, 4.69) is 46.4 Å². The van der Waals surface area contributed by atoms with Crippen LogP contribution in [0.3, 0.4) is 0 Å². The molecule has 0 radical (unpaired) electrons. The Kier molecular flexibility index (Phi) is 13.2. The van der Waals surface area contributed by atoms with Gasteiger partial charge >= 0.3 is 5.97 Å². The maximum Gasteiger partial charge on any atom is 0.335 e. The average Bonchev–Trinajstić information content (AvgIpc) is 2.67. The first-order valence-corrected chi connectivity index (χ1v) is 11.5. The molecule has 1 atom stereocenters. The first-order chi connectivity index (χ1) is 13.2. The Hall–Kier alpha value is -1.07. The third-order valence-electron chi connectivity index (χ3n) is 4.48. The predicted molar refractivity (Wildman–Crippen MR) is 117 cm³/mol. The Morgan fingerprint density at radius 3 is 2.56 bits per heavy atom. The highest BCUT2D eigenvalue weighted by atomic mass is 79.9. The van der Waals surface area contributed by atoms with Gasteiger partial charge in [-0.15, -0.1) is 0 Å². The number of hydrogen-bond acceptors (Lipinski definition) is 4. The van der Waals surface area contributed by atoms with E-state index in [0.717, 1.165) is 29.5 Å². The molecule has 27 heavy (non-hydrogen) atoms. The van der Waals surface area contributed by atoms with E-state index in [1.54, 1.807) is 0 Å². The van der Waals surface area contributed by atoms with E-state index in [1.807, 2.05) is 13.8 Å². The van der Waals surface area contributed by atoms with Crippen LogP contribution in [0.1, 0.15) is 64.0 Å². The molecule has 0 saturated heterocycles. The first kappa shape index (κ1) is 24.0. The lowest BCUT2D eigenvalue weighted by molar-refractivity contribution is -0.156. The van der Waals surface area contributed by atoms with Crippen LogP contribution in [0.2, 0.25) is 0 Å². The number of carbonyl (C=O) groups is 1. The number of rotatable bonds is 15. The van der Waals surface area contributed by atoms with Crippen molar-refractivity contribution in [3.63, 3.8) is 0 Å². The third kappa shape index (κ3) is 9.61. The van der Waals surface area contributed by atoms with Crippen LogP contribution in [0.4, 0.5) is 5.69 Å². The van der Waals surface area contributed by atoms with E-state index in [1.165, 1.54) is 37.7 Å². The molecule has 0 heterocycles. The van der Waals surface area contributed by atoms with Crippen LogP contribution in [-0.2, 0) is 27.1 Å². The maximum atomic E-state index is 12.2. The molecule has 4 nitrogen and oxygen atoms in total. The molecule has 0 saturated carbocycles. The molecule has 0 aliphatic rings. The zero-order valence-electron chi connectivity index (χ0n) is 17.2. The van der Waals surface area contributed by atoms with Gasteiger partial charge in [-0.25, -0.2) is 4.79 Å². The number of aryl methyl sites for hydroxylation is 1. The van der Waals surface area contributed by atoms with Gasteiger partial charge in [-0.2, -0.15) is 0 Å². The molecule has 0 amide bonds. The standard InChI is InChI=1S/C22H36BrNO3/c1-4-7-8-9-10-11-18-12-13-19(20(16-18)24-15-14-23)17-21(26-5-2)22(25)27-6-3/h12-13,16,21,24H,4-11,14-15,17H2,1-3H3. The Bertz CT molecular complexity index is 536. The van der Waals surface area contributed by atoms with Crippen molar-refractivity contribution in [2.45, 2.75) is 71.8 Å². The molecule has 0 bridgehead atoms. The fraction of sp³-hybridized carbons (Fsp3) is 0.682. The van der Waals surface area contributed by atoms with Gasteiger partial charge in [-0.05, 0) is 43.9 Å². The molecule has 0 aliphatic heterocycles. The summed E-state index contributed by atoms with van der Waals surface area (Å²) in [5.41, 5.74) is 3.53. The number of nitrogens with one attached hydrogen (secondary N) is 1. The van der Waals surface area contributed by atoms with E-state index < -0.39 is 6.10 Å². The monoisotopic (exact) mass is 441 g/mol. The molecule has 1 aromatic carbocycles. The summed E-state index contributed by atoms with van der Waals surface area (Å²) >= 11 is 3.47. The maximum absolute atomic E-state index is 12.2. The second-order valence-electron chi connectivity index (χ2n) is 6.67. The van der Waals surface area contributed by atoms with Gasteiger partial charge < -0.3 is 14.8 Å². The van der Waals surface area contributed by atoms with Gasteiger partial charge in [0.15, 0.2) is 6.10 Å².